The van der Waals surface area contributed by atoms with E-state index in [4.69, 9.17) is 0 Å². The van der Waals surface area contributed by atoms with Gasteiger partial charge in [-0.3, -0.25) is 0 Å². The Kier molecular flexibility index (Phi) is 1.82. The van der Waals surface area contributed by atoms with Crippen molar-refractivity contribution in [3.63, 3.8) is 0 Å². The maximum absolute atomic E-state index is 12.4. The van der Waals surface area contributed by atoms with Crippen molar-refractivity contribution in [3.8, 4) is 0 Å². The first-order valence-electron chi connectivity index (χ1n) is 4.08. The lowest BCUT2D eigenvalue weighted by atomic mass is 10.0. The predicted molar refractivity (Wildman–Crippen MR) is 43.2 cm³/mol. The van der Waals surface area contributed by atoms with E-state index in [1.54, 1.807) is 6.07 Å². The standard InChI is InChI=1S/C10H8F3/c11-10(12,13)9-6-2-4-7-3-1-5-8(7)9/h1-2,4,6H,3,5H2. The third-order valence-corrected chi connectivity index (χ3v) is 2.29. The quantitative estimate of drug-likeness (QED) is 0.582. The molecule has 0 bridgehead atoms. The minimum absolute atomic E-state index is 0.449. The maximum atomic E-state index is 12.4. The Morgan fingerprint density at radius 2 is 1.85 bits per heavy atom. The molecule has 0 atom stereocenters. The van der Waals surface area contributed by atoms with Gasteiger partial charge in [0.05, 0.1) is 5.56 Å². The molecule has 0 saturated carbocycles. The maximum Gasteiger partial charge on any atom is 0.416 e. The Morgan fingerprint density at radius 3 is 2.54 bits per heavy atom. The molecule has 0 heterocycles. The summed E-state index contributed by atoms with van der Waals surface area (Å²) in [5, 5.41) is 0. The Balaban J connectivity index is 2.54. The summed E-state index contributed by atoms with van der Waals surface area (Å²) in [6.07, 6.45) is -1.21. The normalized spacial score (nSPS) is 15.9. The molecule has 0 N–H and O–H groups in total. The fourth-order valence-corrected chi connectivity index (χ4v) is 1.70. The summed E-state index contributed by atoms with van der Waals surface area (Å²) in [5.74, 6) is 0. The Morgan fingerprint density at radius 1 is 1.08 bits per heavy atom. The first-order chi connectivity index (χ1) is 6.09. The van der Waals surface area contributed by atoms with Crippen LogP contribution in [0.2, 0.25) is 0 Å². The van der Waals surface area contributed by atoms with Crippen LogP contribution < -0.4 is 0 Å². The topological polar surface area (TPSA) is 0 Å². The highest BCUT2D eigenvalue weighted by molar-refractivity contribution is 5.42. The van der Waals surface area contributed by atoms with Gasteiger partial charge in [-0.25, -0.2) is 0 Å². The average Bonchev–Trinajstić information content (AvgIpc) is 2.48. The largest absolute Gasteiger partial charge is 0.416 e. The number of halogens is 3. The number of hydrogen-bond donors (Lipinski definition) is 0. The zero-order valence-electron chi connectivity index (χ0n) is 6.86. The first kappa shape index (κ1) is 8.60. The second-order valence-electron chi connectivity index (χ2n) is 3.14. The number of fused-ring (bicyclic) bond motifs is 1. The van der Waals surface area contributed by atoms with Crippen molar-refractivity contribution in [3.05, 3.63) is 41.3 Å². The van der Waals surface area contributed by atoms with Gasteiger partial charge in [0.25, 0.3) is 0 Å². The van der Waals surface area contributed by atoms with E-state index < -0.39 is 11.7 Å². The molecule has 0 aromatic heterocycles. The summed E-state index contributed by atoms with van der Waals surface area (Å²) < 4.78 is 37.3. The molecule has 0 saturated heterocycles. The van der Waals surface area contributed by atoms with E-state index >= 15 is 0 Å². The first-order valence-corrected chi connectivity index (χ1v) is 4.08. The van der Waals surface area contributed by atoms with E-state index in [1.165, 1.54) is 6.07 Å². The van der Waals surface area contributed by atoms with Crippen molar-refractivity contribution in [2.75, 3.05) is 0 Å². The average molecular weight is 185 g/mol. The summed E-state index contributed by atoms with van der Waals surface area (Å²) >= 11 is 0. The highest BCUT2D eigenvalue weighted by atomic mass is 19.4. The molecule has 0 aliphatic heterocycles. The Bertz CT molecular complexity index is 325. The van der Waals surface area contributed by atoms with Crippen LogP contribution in [0.25, 0.3) is 0 Å². The Hall–Kier alpha value is -0.990. The number of rotatable bonds is 0. The van der Waals surface area contributed by atoms with E-state index in [1.807, 2.05) is 6.42 Å². The molecule has 0 unspecified atom stereocenters. The molecule has 0 fully saturated rings. The fraction of sp³-hybridized carbons (Fsp3) is 0.300. The Labute approximate surface area is 74.4 Å². The van der Waals surface area contributed by atoms with E-state index in [0.717, 1.165) is 11.6 Å². The van der Waals surface area contributed by atoms with E-state index in [0.29, 0.717) is 18.4 Å². The zero-order chi connectivity index (χ0) is 9.47. The van der Waals surface area contributed by atoms with Gasteiger partial charge in [-0.1, -0.05) is 12.1 Å². The summed E-state index contributed by atoms with van der Waals surface area (Å²) in [7, 11) is 0. The molecule has 0 amide bonds. The second-order valence-corrected chi connectivity index (χ2v) is 3.14. The molecule has 13 heavy (non-hydrogen) atoms. The molecule has 1 aromatic carbocycles. The minimum atomic E-state index is -4.20. The molecule has 0 nitrogen and oxygen atoms in total. The van der Waals surface area contributed by atoms with Crippen LogP contribution in [0.15, 0.2) is 18.2 Å². The van der Waals surface area contributed by atoms with Crippen LogP contribution in [-0.2, 0) is 19.0 Å². The third-order valence-electron chi connectivity index (χ3n) is 2.29. The predicted octanol–water partition coefficient (Wildman–Crippen LogP) is 3.01. The van der Waals surface area contributed by atoms with Crippen LogP contribution in [0.4, 0.5) is 13.2 Å². The smallest absolute Gasteiger partial charge is 0.166 e. The van der Waals surface area contributed by atoms with E-state index in [2.05, 4.69) is 0 Å². The van der Waals surface area contributed by atoms with Gasteiger partial charge in [0.15, 0.2) is 0 Å². The zero-order valence-corrected chi connectivity index (χ0v) is 6.86. The lowest BCUT2D eigenvalue weighted by Crippen LogP contribution is -2.08. The van der Waals surface area contributed by atoms with Gasteiger partial charge in [0.2, 0.25) is 0 Å². The summed E-state index contributed by atoms with van der Waals surface area (Å²) in [5.41, 5.74) is 0.795. The van der Waals surface area contributed by atoms with E-state index in [-0.39, 0.29) is 0 Å². The molecule has 3 heteroatoms. The number of alkyl halides is 3. The minimum Gasteiger partial charge on any atom is -0.166 e. The van der Waals surface area contributed by atoms with Crippen LogP contribution >= 0.6 is 0 Å². The molecule has 1 aromatic rings. The molecule has 0 spiro atoms. The van der Waals surface area contributed by atoms with Crippen LogP contribution in [-0.4, -0.2) is 0 Å². The monoisotopic (exact) mass is 185 g/mol. The van der Waals surface area contributed by atoms with Gasteiger partial charge >= 0.3 is 6.18 Å². The summed E-state index contributed by atoms with van der Waals surface area (Å²) in [6.45, 7) is 0. The van der Waals surface area contributed by atoms with Crippen LogP contribution in [0.5, 0.6) is 0 Å². The van der Waals surface area contributed by atoms with Gasteiger partial charge in [-0.15, -0.1) is 0 Å². The van der Waals surface area contributed by atoms with Crippen molar-refractivity contribution in [2.45, 2.75) is 19.0 Å². The highest BCUT2D eigenvalue weighted by Gasteiger charge is 2.34. The van der Waals surface area contributed by atoms with Crippen molar-refractivity contribution in [2.24, 2.45) is 0 Å². The summed E-state index contributed by atoms with van der Waals surface area (Å²) in [4.78, 5) is 0. The van der Waals surface area contributed by atoms with Crippen LogP contribution in [0.3, 0.4) is 0 Å². The third kappa shape index (κ3) is 1.43. The summed E-state index contributed by atoms with van der Waals surface area (Å²) in [6, 6.07) is 4.38. The highest BCUT2D eigenvalue weighted by Crippen LogP contribution is 2.36. The van der Waals surface area contributed by atoms with Crippen molar-refractivity contribution >= 4 is 0 Å². The molecular formula is C10H8F3. The van der Waals surface area contributed by atoms with Gasteiger partial charge in [0.1, 0.15) is 0 Å². The molecule has 1 aliphatic rings. The lowest BCUT2D eigenvalue weighted by Gasteiger charge is -2.11. The SMILES string of the molecule is FC(F)(F)c1cccc2c1C[CH]C2. The molecular weight excluding hydrogens is 177 g/mol. The van der Waals surface area contributed by atoms with Crippen molar-refractivity contribution in [1.82, 2.24) is 0 Å². The fourth-order valence-electron chi connectivity index (χ4n) is 1.70. The molecule has 2 rings (SSSR count). The van der Waals surface area contributed by atoms with Crippen LogP contribution in [0.1, 0.15) is 16.7 Å². The lowest BCUT2D eigenvalue weighted by molar-refractivity contribution is -0.138. The molecule has 69 valence electrons. The second kappa shape index (κ2) is 2.76. The number of benzene rings is 1. The van der Waals surface area contributed by atoms with Gasteiger partial charge in [-0.05, 0) is 36.5 Å². The van der Waals surface area contributed by atoms with Crippen molar-refractivity contribution in [1.29, 1.82) is 0 Å². The van der Waals surface area contributed by atoms with Gasteiger partial charge in [-0.2, -0.15) is 13.2 Å². The van der Waals surface area contributed by atoms with E-state index in [9.17, 15) is 13.2 Å². The molecule has 1 radical (unpaired) electrons. The van der Waals surface area contributed by atoms with Gasteiger partial charge < -0.3 is 0 Å². The van der Waals surface area contributed by atoms with Crippen LogP contribution in [0, 0.1) is 6.42 Å². The number of hydrogen-bond acceptors (Lipinski definition) is 0. The van der Waals surface area contributed by atoms with Gasteiger partial charge in [0, 0.05) is 0 Å². The molecule has 1 aliphatic carbocycles. The van der Waals surface area contributed by atoms with Crippen molar-refractivity contribution < 1.29 is 13.2 Å².